The van der Waals surface area contributed by atoms with E-state index >= 15 is 0 Å². The van der Waals surface area contributed by atoms with Gasteiger partial charge in [-0.15, -0.1) is 0 Å². The van der Waals surface area contributed by atoms with Crippen molar-refractivity contribution in [2.45, 2.75) is 44.2 Å². The molecular weight excluding hydrogens is 328 g/mol. The summed E-state index contributed by atoms with van der Waals surface area (Å²) in [6, 6.07) is 8.17. The van der Waals surface area contributed by atoms with Crippen LogP contribution in [0, 0.1) is 5.92 Å². The lowest BCUT2D eigenvalue weighted by Crippen LogP contribution is -2.47. The van der Waals surface area contributed by atoms with Gasteiger partial charge in [0.05, 0.1) is 11.4 Å². The molecule has 1 amide bonds. The van der Waals surface area contributed by atoms with Crippen molar-refractivity contribution in [2.75, 3.05) is 19.6 Å². The highest BCUT2D eigenvalue weighted by molar-refractivity contribution is 5.91. The van der Waals surface area contributed by atoms with Crippen molar-refractivity contribution in [1.29, 1.82) is 0 Å². The molecule has 2 aromatic rings. The second kappa shape index (κ2) is 6.50. The van der Waals surface area contributed by atoms with Crippen molar-refractivity contribution < 1.29 is 9.32 Å². The SMILES string of the molecule is O=C(c1cc(C2CC2)no1)N1C[C@H]2CC[C@@H]1CN(Cc1ccccn1)C2. The van der Waals surface area contributed by atoms with Crippen LogP contribution in [-0.4, -0.2) is 51.5 Å². The molecule has 26 heavy (non-hydrogen) atoms. The number of hydrogen-bond acceptors (Lipinski definition) is 5. The van der Waals surface area contributed by atoms with Gasteiger partial charge in [-0.25, -0.2) is 0 Å². The molecule has 2 atom stereocenters. The second-order valence-electron chi connectivity index (χ2n) is 7.96. The Balaban J connectivity index is 1.31. The molecule has 3 aliphatic heterocycles. The van der Waals surface area contributed by atoms with Gasteiger partial charge < -0.3 is 9.42 Å². The van der Waals surface area contributed by atoms with Crippen LogP contribution in [0.3, 0.4) is 0 Å². The maximum atomic E-state index is 13.0. The number of carbonyl (C=O) groups is 1. The largest absolute Gasteiger partial charge is 0.351 e. The van der Waals surface area contributed by atoms with E-state index in [1.165, 1.54) is 6.42 Å². The van der Waals surface area contributed by atoms with Crippen molar-refractivity contribution in [3.63, 3.8) is 0 Å². The van der Waals surface area contributed by atoms with Crippen molar-refractivity contribution in [1.82, 2.24) is 19.9 Å². The van der Waals surface area contributed by atoms with Crippen LogP contribution >= 0.6 is 0 Å². The summed E-state index contributed by atoms with van der Waals surface area (Å²) in [5, 5.41) is 4.11. The summed E-state index contributed by atoms with van der Waals surface area (Å²) >= 11 is 0. The summed E-state index contributed by atoms with van der Waals surface area (Å²) in [6.45, 7) is 3.61. The predicted molar refractivity (Wildman–Crippen MR) is 95.5 cm³/mol. The highest BCUT2D eigenvalue weighted by Crippen LogP contribution is 2.39. The minimum atomic E-state index is 0.0128. The molecule has 5 heterocycles. The molecule has 2 bridgehead atoms. The number of piperidine rings is 1. The summed E-state index contributed by atoms with van der Waals surface area (Å²) < 4.78 is 5.39. The van der Waals surface area contributed by atoms with E-state index in [4.69, 9.17) is 4.52 Å². The normalized spacial score (nSPS) is 26.1. The standard InChI is InChI=1S/C20H24N4O2/c25-20(19-9-18(22-26-19)15-5-6-15)24-11-14-4-7-17(24)13-23(10-14)12-16-3-1-2-8-21-16/h1-3,8-9,14-15,17H,4-7,10-13H2/t14-,17+/m0/s1. The minimum Gasteiger partial charge on any atom is -0.351 e. The number of nitrogens with zero attached hydrogens (tertiary/aromatic N) is 4. The molecule has 0 unspecified atom stereocenters. The lowest BCUT2D eigenvalue weighted by atomic mass is 9.95. The number of aromatic nitrogens is 2. The molecule has 1 aliphatic carbocycles. The van der Waals surface area contributed by atoms with Gasteiger partial charge in [-0.3, -0.25) is 14.7 Å². The van der Waals surface area contributed by atoms with Crippen LogP contribution in [0.5, 0.6) is 0 Å². The fourth-order valence-corrected chi connectivity index (χ4v) is 4.38. The highest BCUT2D eigenvalue weighted by Gasteiger charge is 2.39. The molecule has 0 radical (unpaired) electrons. The quantitative estimate of drug-likeness (QED) is 0.847. The number of amides is 1. The van der Waals surface area contributed by atoms with Gasteiger partial charge in [0.25, 0.3) is 5.91 Å². The Morgan fingerprint density at radius 3 is 2.88 bits per heavy atom. The van der Waals surface area contributed by atoms with Gasteiger partial charge in [-0.05, 0) is 43.7 Å². The van der Waals surface area contributed by atoms with Crippen molar-refractivity contribution in [3.05, 3.63) is 47.6 Å². The monoisotopic (exact) mass is 352 g/mol. The van der Waals surface area contributed by atoms with Crippen LogP contribution in [0.4, 0.5) is 0 Å². The highest BCUT2D eigenvalue weighted by atomic mass is 16.5. The van der Waals surface area contributed by atoms with Gasteiger partial charge in [0.15, 0.2) is 0 Å². The van der Waals surface area contributed by atoms with E-state index in [9.17, 15) is 4.79 Å². The summed E-state index contributed by atoms with van der Waals surface area (Å²) in [4.78, 5) is 22.0. The zero-order valence-electron chi connectivity index (χ0n) is 14.9. The Morgan fingerprint density at radius 2 is 2.08 bits per heavy atom. The van der Waals surface area contributed by atoms with Crippen LogP contribution in [-0.2, 0) is 6.54 Å². The molecule has 136 valence electrons. The van der Waals surface area contributed by atoms with Crippen LogP contribution in [0.25, 0.3) is 0 Å². The van der Waals surface area contributed by atoms with Gasteiger partial charge in [0.1, 0.15) is 0 Å². The minimum absolute atomic E-state index is 0.0128. The Kier molecular flexibility index (Phi) is 4.00. The number of pyridine rings is 1. The van der Waals surface area contributed by atoms with Gasteiger partial charge in [-0.2, -0.15) is 0 Å². The Hall–Kier alpha value is -2.21. The average Bonchev–Trinajstić information content (AvgIpc) is 3.45. The van der Waals surface area contributed by atoms with Crippen LogP contribution in [0.1, 0.15) is 53.5 Å². The van der Waals surface area contributed by atoms with Gasteiger partial charge >= 0.3 is 0 Å². The zero-order valence-corrected chi connectivity index (χ0v) is 14.9. The fraction of sp³-hybridized carbons (Fsp3) is 0.550. The van der Waals surface area contributed by atoms with Crippen LogP contribution in [0.15, 0.2) is 35.0 Å². The Morgan fingerprint density at radius 1 is 1.15 bits per heavy atom. The first-order chi connectivity index (χ1) is 12.8. The van der Waals surface area contributed by atoms with Crippen molar-refractivity contribution >= 4 is 5.91 Å². The maximum Gasteiger partial charge on any atom is 0.292 e. The van der Waals surface area contributed by atoms with E-state index in [0.717, 1.165) is 56.8 Å². The van der Waals surface area contributed by atoms with E-state index in [-0.39, 0.29) is 11.9 Å². The fourth-order valence-electron chi connectivity index (χ4n) is 4.38. The topological polar surface area (TPSA) is 62.5 Å². The molecule has 0 spiro atoms. The number of fused-ring (bicyclic) bond motifs is 4. The van der Waals surface area contributed by atoms with E-state index in [1.54, 1.807) is 0 Å². The van der Waals surface area contributed by atoms with Crippen LogP contribution < -0.4 is 0 Å². The number of carbonyl (C=O) groups excluding carboxylic acids is 1. The molecule has 0 N–H and O–H groups in total. The smallest absolute Gasteiger partial charge is 0.292 e. The molecule has 0 aromatic carbocycles. The molecule has 6 rings (SSSR count). The number of hydrogen-bond donors (Lipinski definition) is 0. The molecule has 4 fully saturated rings. The van der Waals surface area contributed by atoms with Crippen molar-refractivity contribution in [2.24, 2.45) is 5.92 Å². The van der Waals surface area contributed by atoms with Crippen LogP contribution in [0.2, 0.25) is 0 Å². The second-order valence-corrected chi connectivity index (χ2v) is 7.96. The van der Waals surface area contributed by atoms with Gasteiger partial charge in [0, 0.05) is 50.4 Å². The number of rotatable bonds is 4. The lowest BCUT2D eigenvalue weighted by molar-refractivity contribution is 0.0543. The molecule has 6 nitrogen and oxygen atoms in total. The molecule has 3 saturated heterocycles. The third kappa shape index (κ3) is 3.14. The molecule has 4 aliphatic rings. The van der Waals surface area contributed by atoms with E-state index < -0.39 is 0 Å². The summed E-state index contributed by atoms with van der Waals surface area (Å²) in [6.07, 6.45) is 6.43. The Bertz CT molecular complexity index is 786. The van der Waals surface area contributed by atoms with E-state index in [0.29, 0.717) is 17.6 Å². The molecule has 2 aromatic heterocycles. The Labute approximate surface area is 153 Å². The first kappa shape index (κ1) is 16.0. The molecule has 6 heteroatoms. The molecule has 1 saturated carbocycles. The van der Waals surface area contributed by atoms with Crippen molar-refractivity contribution in [3.8, 4) is 0 Å². The molecular formula is C20H24N4O2. The average molecular weight is 352 g/mol. The third-order valence-electron chi connectivity index (χ3n) is 5.90. The van der Waals surface area contributed by atoms with E-state index in [1.807, 2.05) is 29.3 Å². The third-order valence-corrected chi connectivity index (χ3v) is 5.90. The predicted octanol–water partition coefficient (Wildman–Crippen LogP) is 2.68. The van der Waals surface area contributed by atoms with Gasteiger partial charge in [-0.1, -0.05) is 11.2 Å². The summed E-state index contributed by atoms with van der Waals surface area (Å²) in [5.74, 6) is 1.46. The van der Waals surface area contributed by atoms with Gasteiger partial charge in [0.2, 0.25) is 5.76 Å². The lowest BCUT2D eigenvalue weighted by Gasteiger charge is -2.35. The summed E-state index contributed by atoms with van der Waals surface area (Å²) in [7, 11) is 0. The summed E-state index contributed by atoms with van der Waals surface area (Å²) in [5.41, 5.74) is 2.04. The first-order valence-corrected chi connectivity index (χ1v) is 9.66. The first-order valence-electron chi connectivity index (χ1n) is 9.66. The van der Waals surface area contributed by atoms with E-state index in [2.05, 4.69) is 21.1 Å². The zero-order chi connectivity index (χ0) is 17.5. The maximum absolute atomic E-state index is 13.0.